The van der Waals surface area contributed by atoms with Gasteiger partial charge in [-0.2, -0.15) is 9.97 Å². The maximum absolute atomic E-state index is 17.0. The number of rotatable bonds is 7. The molecule has 1 aromatic heterocycles. The highest BCUT2D eigenvalue weighted by atomic mass is 19.1. The van der Waals surface area contributed by atoms with Crippen LogP contribution in [0.1, 0.15) is 31.2 Å². The number of ether oxygens (including phenoxy) is 4. The molecular formula is C34H33F3N4O4. The van der Waals surface area contributed by atoms with E-state index in [0.29, 0.717) is 71.6 Å². The van der Waals surface area contributed by atoms with Crippen molar-refractivity contribution in [2.75, 3.05) is 58.7 Å². The summed E-state index contributed by atoms with van der Waals surface area (Å²) in [4.78, 5) is 13.4. The average Bonchev–Trinajstić information content (AvgIpc) is 3.56. The molecule has 7 rings (SSSR count). The second-order valence-electron chi connectivity index (χ2n) is 12.0. The molecule has 3 aliphatic rings. The Morgan fingerprint density at radius 2 is 1.96 bits per heavy atom. The first kappa shape index (κ1) is 29.4. The Morgan fingerprint density at radius 3 is 2.78 bits per heavy atom. The van der Waals surface area contributed by atoms with Crippen molar-refractivity contribution in [2.24, 2.45) is 0 Å². The van der Waals surface area contributed by atoms with Crippen LogP contribution in [0.4, 0.5) is 19.0 Å². The Bertz CT molecular complexity index is 1850. The Morgan fingerprint density at radius 1 is 1.09 bits per heavy atom. The second-order valence-corrected chi connectivity index (χ2v) is 12.0. The van der Waals surface area contributed by atoms with Gasteiger partial charge in [-0.05, 0) is 61.0 Å². The Labute approximate surface area is 259 Å². The van der Waals surface area contributed by atoms with Crippen molar-refractivity contribution in [3.05, 3.63) is 47.5 Å². The first-order valence-electron chi connectivity index (χ1n) is 15.1. The highest BCUT2D eigenvalue weighted by Gasteiger charge is 2.49. The van der Waals surface area contributed by atoms with Crippen molar-refractivity contribution in [1.82, 2.24) is 14.9 Å². The molecule has 234 valence electrons. The molecular weight excluding hydrogens is 585 g/mol. The van der Waals surface area contributed by atoms with E-state index in [2.05, 4.69) is 15.8 Å². The van der Waals surface area contributed by atoms with Crippen LogP contribution in [0.5, 0.6) is 17.5 Å². The summed E-state index contributed by atoms with van der Waals surface area (Å²) in [5.74, 6) is 2.37. The number of anilines is 1. The number of hydrogen-bond donors (Lipinski definition) is 0. The van der Waals surface area contributed by atoms with E-state index >= 15 is 8.78 Å². The van der Waals surface area contributed by atoms with E-state index in [4.69, 9.17) is 30.4 Å². The molecule has 0 saturated carbocycles. The number of terminal acetylenes is 1. The van der Waals surface area contributed by atoms with Gasteiger partial charge in [0, 0.05) is 44.6 Å². The number of hydrogen-bond acceptors (Lipinski definition) is 8. The summed E-state index contributed by atoms with van der Waals surface area (Å²) in [7, 11) is 3.37. The zero-order valence-electron chi connectivity index (χ0n) is 25.2. The predicted molar refractivity (Wildman–Crippen MR) is 165 cm³/mol. The lowest BCUT2D eigenvalue weighted by Gasteiger charge is -2.31. The van der Waals surface area contributed by atoms with Crippen LogP contribution in [0.25, 0.3) is 32.8 Å². The minimum atomic E-state index is -0.915. The average molecular weight is 619 g/mol. The Hall–Kier alpha value is -4.27. The lowest BCUT2D eigenvalue weighted by atomic mass is 9.92. The van der Waals surface area contributed by atoms with Gasteiger partial charge in [-0.3, -0.25) is 4.90 Å². The van der Waals surface area contributed by atoms with Crippen molar-refractivity contribution < 1.29 is 32.1 Å². The molecule has 0 amide bonds. The molecule has 0 aliphatic carbocycles. The summed E-state index contributed by atoms with van der Waals surface area (Å²) >= 11 is 0. The van der Waals surface area contributed by atoms with E-state index in [1.165, 1.54) is 13.2 Å². The van der Waals surface area contributed by atoms with E-state index in [1.807, 2.05) is 11.9 Å². The summed E-state index contributed by atoms with van der Waals surface area (Å²) < 4.78 is 69.6. The number of methoxy groups -OCH3 is 1. The van der Waals surface area contributed by atoms with Crippen LogP contribution in [-0.2, 0) is 4.74 Å². The number of alkyl halides is 1. The number of fused-ring (bicyclic) bond motifs is 2. The molecule has 2 fully saturated rings. The molecule has 0 unspecified atom stereocenters. The fraction of sp³-hybridized carbons (Fsp3) is 0.412. The lowest BCUT2D eigenvalue weighted by Crippen LogP contribution is -2.43. The van der Waals surface area contributed by atoms with Crippen molar-refractivity contribution in [3.8, 4) is 41.0 Å². The van der Waals surface area contributed by atoms with Crippen LogP contribution in [0, 0.1) is 24.0 Å². The minimum absolute atomic E-state index is 0.000824. The zero-order valence-corrected chi connectivity index (χ0v) is 25.2. The van der Waals surface area contributed by atoms with Crippen LogP contribution < -0.4 is 19.1 Å². The summed E-state index contributed by atoms with van der Waals surface area (Å²) in [6.07, 6.45) is 7.70. The van der Waals surface area contributed by atoms with Crippen molar-refractivity contribution in [3.63, 3.8) is 0 Å². The maximum Gasteiger partial charge on any atom is 0.319 e. The maximum atomic E-state index is 17.0. The van der Waals surface area contributed by atoms with Gasteiger partial charge in [0.05, 0.1) is 23.1 Å². The van der Waals surface area contributed by atoms with E-state index in [1.54, 1.807) is 24.3 Å². The van der Waals surface area contributed by atoms with Crippen LogP contribution in [0.3, 0.4) is 0 Å². The monoisotopic (exact) mass is 618 g/mol. The van der Waals surface area contributed by atoms with Gasteiger partial charge in [0.2, 0.25) is 0 Å². The molecule has 3 aromatic carbocycles. The van der Waals surface area contributed by atoms with Gasteiger partial charge in [0.1, 0.15) is 41.4 Å². The number of aromatic nitrogens is 2. The Balaban J connectivity index is 1.43. The van der Waals surface area contributed by atoms with E-state index < -0.39 is 23.3 Å². The third-order valence-corrected chi connectivity index (χ3v) is 9.14. The SMILES string of the molecule is C#Cc1c(F)ccc2cc(OCOC)cc(-c3cc4c5c(nc(OC[C@@]67CCCN6C[C@H](F)C7)nc5c3F)N(C)CCCO4)c12. The molecule has 0 bridgehead atoms. The summed E-state index contributed by atoms with van der Waals surface area (Å²) in [6, 6.07) is 7.73. The Kier molecular flexibility index (Phi) is 7.58. The fourth-order valence-electron chi connectivity index (χ4n) is 7.07. The van der Waals surface area contributed by atoms with Crippen LogP contribution in [0.2, 0.25) is 0 Å². The molecule has 0 spiro atoms. The molecule has 4 heterocycles. The first-order valence-corrected chi connectivity index (χ1v) is 15.1. The van der Waals surface area contributed by atoms with Crippen LogP contribution in [-0.4, -0.2) is 80.4 Å². The standard InChI is InChI=1S/C34H33F3N4O4/c1-4-23-26(36)8-7-20-13-22(45-19-42-3)14-24(28(20)23)25-15-27-29-31(30(25)37)38-33(39-32(29)40(2)10-6-12-43-27)44-18-34-9-5-11-41(34)17-21(35)16-34/h1,7-8,13-15,21H,5-6,9-12,16-19H2,2-3H3/t21-,34+/m1/s1. The molecule has 3 aliphatic heterocycles. The molecule has 0 radical (unpaired) electrons. The quantitative estimate of drug-likeness (QED) is 0.188. The van der Waals surface area contributed by atoms with Crippen molar-refractivity contribution >= 4 is 27.5 Å². The van der Waals surface area contributed by atoms with Gasteiger partial charge in [-0.1, -0.05) is 12.0 Å². The van der Waals surface area contributed by atoms with Gasteiger partial charge in [-0.15, -0.1) is 6.42 Å². The summed E-state index contributed by atoms with van der Waals surface area (Å²) in [5, 5.41) is 1.31. The third-order valence-electron chi connectivity index (χ3n) is 9.14. The molecule has 2 atom stereocenters. The fourth-order valence-corrected chi connectivity index (χ4v) is 7.07. The normalized spacial score (nSPS) is 21.3. The smallest absolute Gasteiger partial charge is 0.319 e. The minimum Gasteiger partial charge on any atom is -0.493 e. The number of nitrogens with zero attached hydrogens (tertiary/aromatic N) is 4. The number of halogens is 3. The topological polar surface area (TPSA) is 69.2 Å². The zero-order chi connectivity index (χ0) is 31.3. The highest BCUT2D eigenvalue weighted by Crippen LogP contribution is 2.45. The third kappa shape index (κ3) is 5.06. The van der Waals surface area contributed by atoms with E-state index in [-0.39, 0.29) is 36.1 Å². The summed E-state index contributed by atoms with van der Waals surface area (Å²) in [6.45, 7) is 2.35. The van der Waals surface area contributed by atoms with Gasteiger partial charge in [0.25, 0.3) is 0 Å². The van der Waals surface area contributed by atoms with Crippen LogP contribution >= 0.6 is 0 Å². The largest absolute Gasteiger partial charge is 0.493 e. The molecule has 0 N–H and O–H groups in total. The molecule has 11 heteroatoms. The van der Waals surface area contributed by atoms with Gasteiger partial charge >= 0.3 is 6.01 Å². The molecule has 4 aromatic rings. The molecule has 2 saturated heterocycles. The lowest BCUT2D eigenvalue weighted by molar-refractivity contribution is 0.0512. The molecule has 8 nitrogen and oxygen atoms in total. The van der Waals surface area contributed by atoms with E-state index in [0.717, 1.165) is 19.4 Å². The van der Waals surface area contributed by atoms with Gasteiger partial charge in [0.15, 0.2) is 12.6 Å². The highest BCUT2D eigenvalue weighted by molar-refractivity contribution is 6.05. The molecule has 45 heavy (non-hydrogen) atoms. The van der Waals surface area contributed by atoms with Crippen molar-refractivity contribution in [2.45, 2.75) is 37.4 Å². The van der Waals surface area contributed by atoms with Gasteiger partial charge < -0.3 is 23.8 Å². The van der Waals surface area contributed by atoms with Crippen LogP contribution in [0.15, 0.2) is 30.3 Å². The predicted octanol–water partition coefficient (Wildman–Crippen LogP) is 5.87. The van der Waals surface area contributed by atoms with E-state index in [9.17, 15) is 4.39 Å². The first-order chi connectivity index (χ1) is 21.8. The second kappa shape index (κ2) is 11.6. The van der Waals surface area contributed by atoms with Crippen molar-refractivity contribution in [1.29, 1.82) is 0 Å². The number of benzene rings is 3. The summed E-state index contributed by atoms with van der Waals surface area (Å²) in [5.41, 5.74) is -0.0334. The van der Waals surface area contributed by atoms with Gasteiger partial charge in [-0.25, -0.2) is 13.2 Å².